The molecule has 2 N–H and O–H groups in total. The minimum absolute atomic E-state index is 0.0389. The molecule has 9 heteroatoms. The zero-order valence-electron chi connectivity index (χ0n) is 16.3. The van der Waals surface area contributed by atoms with Crippen LogP contribution in [-0.4, -0.2) is 47.2 Å². The molecule has 2 aromatic rings. The van der Waals surface area contributed by atoms with Gasteiger partial charge < -0.3 is 15.2 Å². The van der Waals surface area contributed by atoms with Crippen molar-refractivity contribution in [1.82, 2.24) is 25.4 Å². The maximum Gasteiger partial charge on any atom is 0.192 e. The van der Waals surface area contributed by atoms with Gasteiger partial charge in [0.1, 0.15) is 15.7 Å². The first-order chi connectivity index (χ1) is 12.7. The Morgan fingerprint density at radius 3 is 2.56 bits per heavy atom. The van der Waals surface area contributed by atoms with Crippen LogP contribution in [0.1, 0.15) is 30.6 Å². The summed E-state index contributed by atoms with van der Waals surface area (Å²) in [5.74, 6) is 2.38. The number of nitrogens with zero attached hydrogens (tertiary/aromatic N) is 4. The van der Waals surface area contributed by atoms with Gasteiger partial charge in [-0.1, -0.05) is 30.3 Å². The molecule has 27 heavy (non-hydrogen) atoms. The second-order valence-corrected chi connectivity index (χ2v) is 8.95. The van der Waals surface area contributed by atoms with E-state index in [9.17, 15) is 8.42 Å². The van der Waals surface area contributed by atoms with Crippen molar-refractivity contribution in [2.75, 3.05) is 12.0 Å². The number of hydrogen-bond donors (Lipinski definition) is 2. The maximum absolute atomic E-state index is 11.4. The summed E-state index contributed by atoms with van der Waals surface area (Å²) in [6.45, 7) is 4.83. The summed E-state index contributed by atoms with van der Waals surface area (Å²) in [6, 6.07) is 9.91. The van der Waals surface area contributed by atoms with E-state index in [4.69, 9.17) is 0 Å². The van der Waals surface area contributed by atoms with Crippen LogP contribution in [0.3, 0.4) is 0 Å². The van der Waals surface area contributed by atoms with E-state index >= 15 is 0 Å². The van der Waals surface area contributed by atoms with E-state index < -0.39 is 9.84 Å². The number of sulfone groups is 1. The van der Waals surface area contributed by atoms with Crippen LogP contribution in [0.5, 0.6) is 0 Å². The third kappa shape index (κ3) is 7.38. The Balaban J connectivity index is 2.03. The van der Waals surface area contributed by atoms with Crippen molar-refractivity contribution in [1.29, 1.82) is 0 Å². The van der Waals surface area contributed by atoms with Crippen LogP contribution in [-0.2, 0) is 30.0 Å². The van der Waals surface area contributed by atoms with E-state index in [2.05, 4.69) is 25.8 Å². The lowest BCUT2D eigenvalue weighted by molar-refractivity contribution is 0.579. The maximum atomic E-state index is 11.4. The molecule has 0 aliphatic carbocycles. The predicted octanol–water partition coefficient (Wildman–Crippen LogP) is 1.18. The third-order valence-electron chi connectivity index (χ3n) is 4.16. The first-order valence-electron chi connectivity index (χ1n) is 8.86. The number of benzene rings is 1. The van der Waals surface area contributed by atoms with Gasteiger partial charge in [-0.2, -0.15) is 0 Å². The van der Waals surface area contributed by atoms with Gasteiger partial charge in [-0.15, -0.1) is 10.2 Å². The van der Waals surface area contributed by atoms with Crippen LogP contribution >= 0.6 is 0 Å². The van der Waals surface area contributed by atoms with Crippen molar-refractivity contribution in [3.8, 4) is 0 Å². The summed E-state index contributed by atoms with van der Waals surface area (Å²) in [6.07, 6.45) is 1.76. The summed E-state index contributed by atoms with van der Waals surface area (Å²) in [7, 11) is -1.08. The molecule has 0 saturated heterocycles. The van der Waals surface area contributed by atoms with E-state index in [0.29, 0.717) is 25.5 Å². The lowest BCUT2D eigenvalue weighted by Gasteiger charge is -2.18. The minimum atomic E-state index is -2.99. The fourth-order valence-corrected chi connectivity index (χ4v) is 3.15. The molecule has 1 aromatic heterocycles. The Kier molecular flexibility index (Phi) is 7.35. The number of aromatic nitrogens is 3. The molecule has 0 aliphatic rings. The fourth-order valence-electron chi connectivity index (χ4n) is 2.37. The molecular formula is C18H28N6O2S. The van der Waals surface area contributed by atoms with Crippen molar-refractivity contribution in [3.63, 3.8) is 0 Å². The lowest BCUT2D eigenvalue weighted by Crippen LogP contribution is -2.43. The minimum Gasteiger partial charge on any atom is -0.354 e. The molecule has 8 nitrogen and oxygen atoms in total. The average molecular weight is 393 g/mol. The number of hydrogen-bond acceptors (Lipinski definition) is 5. The van der Waals surface area contributed by atoms with E-state index in [-0.39, 0.29) is 11.8 Å². The zero-order chi connectivity index (χ0) is 19.9. The number of rotatable bonds is 8. The van der Waals surface area contributed by atoms with Crippen molar-refractivity contribution in [2.24, 2.45) is 12.0 Å². The predicted molar refractivity (Wildman–Crippen MR) is 107 cm³/mol. The quantitative estimate of drug-likeness (QED) is 0.517. The molecule has 0 aliphatic heterocycles. The molecule has 0 spiro atoms. The summed E-state index contributed by atoms with van der Waals surface area (Å²) in [5.41, 5.74) is 1.09. The summed E-state index contributed by atoms with van der Waals surface area (Å²) in [5, 5.41) is 14.7. The second-order valence-electron chi connectivity index (χ2n) is 6.69. The van der Waals surface area contributed by atoms with E-state index in [1.54, 1.807) is 0 Å². The highest BCUT2D eigenvalue weighted by molar-refractivity contribution is 7.90. The Labute approximate surface area is 161 Å². The van der Waals surface area contributed by atoms with Crippen molar-refractivity contribution in [2.45, 2.75) is 39.4 Å². The monoisotopic (exact) mass is 392 g/mol. The molecule has 1 aromatic carbocycles. The second kappa shape index (κ2) is 9.50. The third-order valence-corrected chi connectivity index (χ3v) is 5.14. The Morgan fingerprint density at radius 1 is 1.26 bits per heavy atom. The van der Waals surface area contributed by atoms with Gasteiger partial charge in [-0.3, -0.25) is 0 Å². The van der Waals surface area contributed by atoms with Crippen LogP contribution in [0.4, 0.5) is 0 Å². The Bertz CT molecular complexity index is 861. The van der Waals surface area contributed by atoms with Crippen LogP contribution in [0.25, 0.3) is 0 Å². The van der Waals surface area contributed by atoms with Crippen molar-refractivity contribution in [3.05, 3.63) is 47.5 Å². The molecule has 1 atom stereocenters. The van der Waals surface area contributed by atoms with Gasteiger partial charge in [-0.05, 0) is 25.8 Å². The number of aryl methyl sites for hydroxylation is 1. The molecule has 0 bridgehead atoms. The smallest absolute Gasteiger partial charge is 0.192 e. The van der Waals surface area contributed by atoms with Crippen LogP contribution in [0.2, 0.25) is 0 Å². The van der Waals surface area contributed by atoms with Gasteiger partial charge >= 0.3 is 0 Å². The van der Waals surface area contributed by atoms with Gasteiger partial charge in [0.15, 0.2) is 11.8 Å². The molecule has 148 valence electrons. The Morgan fingerprint density at radius 2 is 1.96 bits per heavy atom. The van der Waals surface area contributed by atoms with E-state index in [0.717, 1.165) is 17.2 Å². The fraction of sp³-hybridized carbons (Fsp3) is 0.500. The van der Waals surface area contributed by atoms with Crippen molar-refractivity contribution >= 4 is 15.8 Å². The first-order valence-corrected chi connectivity index (χ1v) is 10.9. The van der Waals surface area contributed by atoms with Gasteiger partial charge in [0, 0.05) is 19.3 Å². The molecule has 2 rings (SSSR count). The highest BCUT2D eigenvalue weighted by Gasteiger charge is 2.11. The number of guanidine groups is 1. The molecule has 0 radical (unpaired) electrons. The highest BCUT2D eigenvalue weighted by Crippen LogP contribution is 2.02. The first kappa shape index (κ1) is 20.9. The standard InChI is InChI=1S/C18H28N6O2S/c1-14(10-11-27(4,25)26)21-18(19-12-16-8-6-5-7-9-16)20-13-17-23-22-15(2)24(17)3/h5-9,14H,10-13H2,1-4H3,(H2,19,20,21). The van der Waals surface area contributed by atoms with Gasteiger partial charge in [-0.25, -0.2) is 13.4 Å². The van der Waals surface area contributed by atoms with Crippen LogP contribution in [0, 0.1) is 6.92 Å². The summed E-state index contributed by atoms with van der Waals surface area (Å²) < 4.78 is 24.7. The van der Waals surface area contributed by atoms with Gasteiger partial charge in [0.05, 0.1) is 18.8 Å². The molecule has 1 heterocycles. The molecule has 0 fully saturated rings. The normalized spacial score (nSPS) is 13.4. The molecule has 0 saturated carbocycles. The van der Waals surface area contributed by atoms with E-state index in [1.165, 1.54) is 6.26 Å². The largest absolute Gasteiger partial charge is 0.354 e. The summed E-state index contributed by atoms with van der Waals surface area (Å²) in [4.78, 5) is 4.62. The van der Waals surface area contributed by atoms with Crippen LogP contribution < -0.4 is 10.6 Å². The lowest BCUT2D eigenvalue weighted by atomic mass is 10.2. The molecule has 1 unspecified atom stereocenters. The van der Waals surface area contributed by atoms with E-state index in [1.807, 2.05) is 55.8 Å². The average Bonchev–Trinajstić information content (AvgIpc) is 2.94. The summed E-state index contributed by atoms with van der Waals surface area (Å²) >= 11 is 0. The van der Waals surface area contributed by atoms with Crippen molar-refractivity contribution < 1.29 is 8.42 Å². The van der Waals surface area contributed by atoms with Gasteiger partial charge in [0.25, 0.3) is 0 Å². The zero-order valence-corrected chi connectivity index (χ0v) is 17.1. The topological polar surface area (TPSA) is 101 Å². The SMILES string of the molecule is Cc1nnc(CNC(=NCc2ccccc2)NC(C)CCS(C)(=O)=O)n1C. The molecule has 0 amide bonds. The molecular weight excluding hydrogens is 364 g/mol. The number of nitrogens with one attached hydrogen (secondary N) is 2. The van der Waals surface area contributed by atoms with Crippen LogP contribution in [0.15, 0.2) is 35.3 Å². The Hall–Kier alpha value is -2.42. The van der Waals surface area contributed by atoms with Gasteiger partial charge in [0.2, 0.25) is 0 Å². The highest BCUT2D eigenvalue weighted by atomic mass is 32.2. The number of aliphatic imine (C=N–C) groups is 1.